The molecule has 27 heavy (non-hydrogen) atoms. The fraction of sp³-hybridized carbons (Fsp3) is 0.0455. The highest BCUT2D eigenvalue weighted by atomic mass is 16.1. The number of carbonyl (C=O) groups excluding carboxylic acids is 1. The first-order chi connectivity index (χ1) is 13.2. The van der Waals surface area contributed by atoms with Gasteiger partial charge in [0.15, 0.2) is 5.82 Å². The van der Waals surface area contributed by atoms with Crippen LogP contribution < -0.4 is 10.6 Å². The molecule has 0 aliphatic carbocycles. The van der Waals surface area contributed by atoms with Crippen molar-refractivity contribution in [1.82, 2.24) is 9.97 Å². The lowest BCUT2D eigenvalue weighted by Crippen LogP contribution is -2.11. The Morgan fingerprint density at radius 3 is 2.26 bits per heavy atom. The summed E-state index contributed by atoms with van der Waals surface area (Å²) >= 11 is 0. The van der Waals surface area contributed by atoms with Crippen LogP contribution in [-0.4, -0.2) is 22.9 Å². The van der Waals surface area contributed by atoms with E-state index in [4.69, 9.17) is 4.98 Å². The largest absolute Gasteiger partial charge is 0.373 e. The van der Waals surface area contributed by atoms with Gasteiger partial charge in [0.25, 0.3) is 5.91 Å². The third-order valence-corrected chi connectivity index (χ3v) is 4.26. The summed E-state index contributed by atoms with van der Waals surface area (Å²) in [5, 5.41) is 6.95. The van der Waals surface area contributed by atoms with Gasteiger partial charge in [-0.15, -0.1) is 0 Å². The maximum absolute atomic E-state index is 12.4. The molecule has 0 unspecified atom stereocenters. The van der Waals surface area contributed by atoms with Crippen molar-refractivity contribution < 1.29 is 4.79 Å². The molecule has 0 spiro atoms. The minimum atomic E-state index is -0.152. The number of fused-ring (bicyclic) bond motifs is 1. The van der Waals surface area contributed by atoms with E-state index < -0.39 is 0 Å². The van der Waals surface area contributed by atoms with Crippen molar-refractivity contribution in [3.8, 4) is 11.4 Å². The van der Waals surface area contributed by atoms with E-state index in [1.165, 1.54) is 0 Å². The number of nitrogens with one attached hydrogen (secondary N) is 2. The lowest BCUT2D eigenvalue weighted by Gasteiger charge is -2.10. The van der Waals surface area contributed by atoms with Crippen molar-refractivity contribution in [1.29, 1.82) is 0 Å². The zero-order valence-electron chi connectivity index (χ0n) is 14.8. The highest BCUT2D eigenvalue weighted by Gasteiger charge is 2.11. The fourth-order valence-corrected chi connectivity index (χ4v) is 2.91. The third-order valence-electron chi connectivity index (χ3n) is 4.26. The molecule has 5 heteroatoms. The Hall–Kier alpha value is -3.73. The Balaban J connectivity index is 1.73. The number of anilines is 2. The van der Waals surface area contributed by atoms with Crippen molar-refractivity contribution in [2.75, 3.05) is 17.7 Å². The first-order valence-electron chi connectivity index (χ1n) is 8.66. The van der Waals surface area contributed by atoms with Gasteiger partial charge < -0.3 is 10.6 Å². The molecule has 0 aliphatic heterocycles. The van der Waals surface area contributed by atoms with Gasteiger partial charge >= 0.3 is 0 Å². The van der Waals surface area contributed by atoms with E-state index in [-0.39, 0.29) is 5.91 Å². The third kappa shape index (κ3) is 3.48. The zero-order valence-corrected chi connectivity index (χ0v) is 14.8. The van der Waals surface area contributed by atoms with Crippen LogP contribution in [0.1, 0.15) is 10.4 Å². The molecule has 4 aromatic rings. The van der Waals surface area contributed by atoms with Gasteiger partial charge in [-0.1, -0.05) is 48.5 Å². The number of hydrogen-bond acceptors (Lipinski definition) is 4. The van der Waals surface area contributed by atoms with Gasteiger partial charge in [-0.05, 0) is 30.3 Å². The van der Waals surface area contributed by atoms with Crippen LogP contribution in [0.5, 0.6) is 0 Å². The second-order valence-electron chi connectivity index (χ2n) is 6.06. The molecule has 5 nitrogen and oxygen atoms in total. The van der Waals surface area contributed by atoms with Crippen molar-refractivity contribution in [2.45, 2.75) is 0 Å². The van der Waals surface area contributed by atoms with Gasteiger partial charge in [0.1, 0.15) is 5.82 Å². The molecule has 2 N–H and O–H groups in total. The highest BCUT2D eigenvalue weighted by Crippen LogP contribution is 2.27. The molecule has 3 aromatic carbocycles. The summed E-state index contributed by atoms with van der Waals surface area (Å²) in [6, 6.07) is 24.6. The molecule has 0 saturated carbocycles. The molecule has 132 valence electrons. The van der Waals surface area contributed by atoms with E-state index in [1.807, 2.05) is 73.8 Å². The molecular weight excluding hydrogens is 336 g/mol. The van der Waals surface area contributed by atoms with Crippen LogP contribution in [0.15, 0.2) is 78.9 Å². The van der Waals surface area contributed by atoms with Crippen LogP contribution in [0.3, 0.4) is 0 Å². The van der Waals surface area contributed by atoms with Gasteiger partial charge in [-0.3, -0.25) is 4.79 Å². The standard InChI is InChI=1S/C22H18N4O/c1-23-21-18-13-12-17(24-22(27)16-10-6-3-7-11-16)14-19(18)25-20(26-21)15-8-4-2-5-9-15/h2-14H,1H3,(H,24,27)(H,23,25,26). The topological polar surface area (TPSA) is 66.9 Å². The van der Waals surface area contributed by atoms with Gasteiger partial charge in [0.05, 0.1) is 5.52 Å². The Labute approximate surface area is 157 Å². The molecule has 4 rings (SSSR count). The lowest BCUT2D eigenvalue weighted by molar-refractivity contribution is 0.102. The van der Waals surface area contributed by atoms with Crippen molar-refractivity contribution in [2.24, 2.45) is 0 Å². The average Bonchev–Trinajstić information content (AvgIpc) is 2.74. The van der Waals surface area contributed by atoms with Crippen LogP contribution in [0.4, 0.5) is 11.5 Å². The van der Waals surface area contributed by atoms with Crippen molar-refractivity contribution in [3.05, 3.63) is 84.4 Å². The minimum Gasteiger partial charge on any atom is -0.373 e. The van der Waals surface area contributed by atoms with Crippen molar-refractivity contribution >= 4 is 28.3 Å². The van der Waals surface area contributed by atoms with Crippen LogP contribution in [0, 0.1) is 0 Å². The summed E-state index contributed by atoms with van der Waals surface area (Å²) in [7, 11) is 1.83. The maximum atomic E-state index is 12.4. The number of aromatic nitrogens is 2. The summed E-state index contributed by atoms with van der Waals surface area (Å²) in [5.41, 5.74) is 3.01. The summed E-state index contributed by atoms with van der Waals surface area (Å²) in [6.45, 7) is 0. The second kappa shape index (κ2) is 7.25. The van der Waals surface area contributed by atoms with Crippen molar-refractivity contribution in [3.63, 3.8) is 0 Å². The van der Waals surface area contributed by atoms with Crippen LogP contribution >= 0.6 is 0 Å². The Kier molecular flexibility index (Phi) is 4.49. The van der Waals surface area contributed by atoms with Gasteiger partial charge in [0, 0.05) is 29.2 Å². The smallest absolute Gasteiger partial charge is 0.255 e. The summed E-state index contributed by atoms with van der Waals surface area (Å²) in [4.78, 5) is 21.7. The highest BCUT2D eigenvalue weighted by molar-refractivity contribution is 6.05. The Bertz CT molecular complexity index is 1100. The number of hydrogen-bond donors (Lipinski definition) is 2. The number of rotatable bonds is 4. The van der Waals surface area contributed by atoms with E-state index in [0.717, 1.165) is 22.3 Å². The van der Waals surface area contributed by atoms with E-state index in [1.54, 1.807) is 12.1 Å². The Morgan fingerprint density at radius 1 is 0.852 bits per heavy atom. The predicted molar refractivity (Wildman–Crippen MR) is 109 cm³/mol. The fourth-order valence-electron chi connectivity index (χ4n) is 2.91. The van der Waals surface area contributed by atoms with Gasteiger partial charge in [-0.25, -0.2) is 9.97 Å². The van der Waals surface area contributed by atoms with Crippen LogP contribution in [0.25, 0.3) is 22.3 Å². The number of amides is 1. The quantitative estimate of drug-likeness (QED) is 0.562. The lowest BCUT2D eigenvalue weighted by atomic mass is 10.1. The first kappa shape index (κ1) is 16.7. The second-order valence-corrected chi connectivity index (χ2v) is 6.06. The molecule has 0 fully saturated rings. The van der Waals surface area contributed by atoms with E-state index >= 15 is 0 Å². The molecule has 0 radical (unpaired) electrons. The van der Waals surface area contributed by atoms with Crippen LogP contribution in [0.2, 0.25) is 0 Å². The molecule has 0 bridgehead atoms. The van der Waals surface area contributed by atoms with E-state index in [0.29, 0.717) is 17.1 Å². The molecule has 1 aromatic heterocycles. The summed E-state index contributed by atoms with van der Waals surface area (Å²) < 4.78 is 0. The average molecular weight is 354 g/mol. The number of carbonyl (C=O) groups is 1. The number of benzene rings is 3. The van der Waals surface area contributed by atoms with Crippen LogP contribution in [-0.2, 0) is 0 Å². The SMILES string of the molecule is CNc1nc(-c2ccccc2)nc2cc(NC(=O)c3ccccc3)ccc12. The maximum Gasteiger partial charge on any atom is 0.255 e. The summed E-state index contributed by atoms with van der Waals surface area (Å²) in [5.74, 6) is 1.24. The van der Waals surface area contributed by atoms with E-state index in [9.17, 15) is 4.79 Å². The van der Waals surface area contributed by atoms with E-state index in [2.05, 4.69) is 15.6 Å². The monoisotopic (exact) mass is 354 g/mol. The normalized spacial score (nSPS) is 10.6. The Morgan fingerprint density at radius 2 is 1.56 bits per heavy atom. The predicted octanol–water partition coefficient (Wildman–Crippen LogP) is 4.59. The molecule has 0 saturated heterocycles. The summed E-state index contributed by atoms with van der Waals surface area (Å²) in [6.07, 6.45) is 0. The van der Waals surface area contributed by atoms with Gasteiger partial charge in [0.2, 0.25) is 0 Å². The van der Waals surface area contributed by atoms with Gasteiger partial charge in [-0.2, -0.15) is 0 Å². The molecule has 0 aliphatic rings. The minimum absolute atomic E-state index is 0.152. The zero-order chi connectivity index (χ0) is 18.6. The molecule has 0 atom stereocenters. The molecular formula is C22H18N4O. The number of nitrogens with zero attached hydrogens (tertiary/aromatic N) is 2. The first-order valence-corrected chi connectivity index (χ1v) is 8.66. The molecule has 1 heterocycles. The molecule has 1 amide bonds.